The molecule has 0 heterocycles. The highest BCUT2D eigenvalue weighted by molar-refractivity contribution is 5.81. The lowest BCUT2D eigenvalue weighted by molar-refractivity contribution is -0.145. The predicted octanol–water partition coefficient (Wildman–Crippen LogP) is 1.88. The Balaban J connectivity index is 2.74. The van der Waals surface area contributed by atoms with Crippen molar-refractivity contribution in [3.8, 4) is 0 Å². The van der Waals surface area contributed by atoms with Crippen molar-refractivity contribution in [2.45, 2.75) is 39.3 Å². The van der Waals surface area contributed by atoms with Crippen molar-refractivity contribution in [3.05, 3.63) is 29.8 Å². The van der Waals surface area contributed by atoms with E-state index in [9.17, 15) is 9.59 Å². The van der Waals surface area contributed by atoms with Crippen molar-refractivity contribution in [1.82, 2.24) is 5.32 Å². The van der Waals surface area contributed by atoms with Crippen molar-refractivity contribution >= 4 is 17.7 Å². The standard InChI is InChI=1S/C15H22N2O4/c1-4-20-14(18)13(17-15(19)21-10(2)3)9-11-5-7-12(16)8-6-11/h5-8,10,13H,4,9,16H2,1-3H3,(H,17,19). The molecule has 0 saturated carbocycles. The SMILES string of the molecule is CCOC(=O)C(Cc1ccc(N)cc1)NC(=O)OC(C)C. The lowest BCUT2D eigenvalue weighted by Crippen LogP contribution is -2.44. The van der Waals surface area contributed by atoms with Crippen LogP contribution >= 0.6 is 0 Å². The number of hydrogen-bond acceptors (Lipinski definition) is 5. The number of nitrogens with one attached hydrogen (secondary N) is 1. The summed E-state index contributed by atoms with van der Waals surface area (Å²) in [4.78, 5) is 23.6. The van der Waals surface area contributed by atoms with E-state index in [1.54, 1.807) is 45.0 Å². The maximum absolute atomic E-state index is 11.9. The van der Waals surface area contributed by atoms with Crippen LogP contribution in [0.5, 0.6) is 0 Å². The van der Waals surface area contributed by atoms with E-state index in [1.807, 2.05) is 0 Å². The Morgan fingerprint density at radius 2 is 1.86 bits per heavy atom. The van der Waals surface area contributed by atoms with Gasteiger partial charge >= 0.3 is 12.1 Å². The molecule has 0 bridgehead atoms. The van der Waals surface area contributed by atoms with Gasteiger partial charge in [-0.3, -0.25) is 0 Å². The van der Waals surface area contributed by atoms with Gasteiger partial charge in [-0.15, -0.1) is 0 Å². The van der Waals surface area contributed by atoms with Crippen LogP contribution in [-0.4, -0.2) is 30.8 Å². The molecule has 1 amide bonds. The van der Waals surface area contributed by atoms with Crippen LogP contribution in [0.3, 0.4) is 0 Å². The van der Waals surface area contributed by atoms with Crippen molar-refractivity contribution in [3.63, 3.8) is 0 Å². The van der Waals surface area contributed by atoms with Crippen molar-refractivity contribution in [2.24, 2.45) is 0 Å². The van der Waals surface area contributed by atoms with Gasteiger partial charge < -0.3 is 20.5 Å². The molecule has 21 heavy (non-hydrogen) atoms. The van der Waals surface area contributed by atoms with Crippen LogP contribution in [0.4, 0.5) is 10.5 Å². The van der Waals surface area contributed by atoms with Crippen LogP contribution in [0.2, 0.25) is 0 Å². The Labute approximate surface area is 124 Å². The second-order valence-corrected chi connectivity index (χ2v) is 4.85. The normalized spacial score (nSPS) is 11.8. The maximum atomic E-state index is 11.9. The molecular formula is C15H22N2O4. The third kappa shape index (κ3) is 6.16. The number of rotatable bonds is 6. The number of ether oxygens (including phenoxy) is 2. The Morgan fingerprint density at radius 1 is 1.24 bits per heavy atom. The molecule has 116 valence electrons. The van der Waals surface area contributed by atoms with Gasteiger partial charge in [0.1, 0.15) is 6.04 Å². The number of benzene rings is 1. The molecule has 1 aromatic carbocycles. The second-order valence-electron chi connectivity index (χ2n) is 4.85. The van der Waals surface area contributed by atoms with Crippen LogP contribution in [-0.2, 0) is 20.7 Å². The molecule has 1 aromatic rings. The summed E-state index contributed by atoms with van der Waals surface area (Å²) in [6.07, 6.45) is -0.588. The zero-order valence-corrected chi connectivity index (χ0v) is 12.6. The van der Waals surface area contributed by atoms with E-state index in [2.05, 4.69) is 5.32 Å². The Morgan fingerprint density at radius 3 is 2.38 bits per heavy atom. The fourth-order valence-electron chi connectivity index (χ4n) is 1.72. The summed E-state index contributed by atoms with van der Waals surface area (Å²) in [7, 11) is 0. The summed E-state index contributed by atoms with van der Waals surface area (Å²) in [5, 5.41) is 2.53. The van der Waals surface area contributed by atoms with E-state index in [0.717, 1.165) is 5.56 Å². The number of anilines is 1. The second kappa shape index (κ2) is 8.14. The monoisotopic (exact) mass is 294 g/mol. The molecular weight excluding hydrogens is 272 g/mol. The van der Waals surface area contributed by atoms with E-state index in [-0.39, 0.29) is 12.7 Å². The minimum Gasteiger partial charge on any atom is -0.464 e. The van der Waals surface area contributed by atoms with Gasteiger partial charge in [0.15, 0.2) is 0 Å². The molecule has 0 aliphatic rings. The first-order valence-corrected chi connectivity index (χ1v) is 6.90. The lowest BCUT2D eigenvalue weighted by atomic mass is 10.1. The topological polar surface area (TPSA) is 90.6 Å². The van der Waals surface area contributed by atoms with E-state index < -0.39 is 18.1 Å². The van der Waals surface area contributed by atoms with Gasteiger partial charge in [-0.2, -0.15) is 0 Å². The molecule has 0 spiro atoms. The number of alkyl carbamates (subject to hydrolysis) is 1. The predicted molar refractivity (Wildman–Crippen MR) is 79.7 cm³/mol. The minimum absolute atomic E-state index is 0.248. The highest BCUT2D eigenvalue weighted by Gasteiger charge is 2.23. The first kappa shape index (κ1) is 16.8. The molecule has 0 aliphatic carbocycles. The molecule has 6 nitrogen and oxygen atoms in total. The maximum Gasteiger partial charge on any atom is 0.408 e. The smallest absolute Gasteiger partial charge is 0.408 e. The lowest BCUT2D eigenvalue weighted by Gasteiger charge is -2.18. The molecule has 0 aliphatic heterocycles. The fourth-order valence-corrected chi connectivity index (χ4v) is 1.72. The summed E-state index contributed by atoms with van der Waals surface area (Å²) in [6.45, 7) is 5.43. The zero-order chi connectivity index (χ0) is 15.8. The van der Waals surface area contributed by atoms with Crippen molar-refractivity contribution in [2.75, 3.05) is 12.3 Å². The average molecular weight is 294 g/mol. The first-order valence-electron chi connectivity index (χ1n) is 6.90. The van der Waals surface area contributed by atoms with Crippen molar-refractivity contribution < 1.29 is 19.1 Å². The fraction of sp³-hybridized carbons (Fsp3) is 0.467. The highest BCUT2D eigenvalue weighted by atomic mass is 16.6. The molecule has 3 N–H and O–H groups in total. The van der Waals surface area contributed by atoms with Crippen LogP contribution < -0.4 is 11.1 Å². The van der Waals surface area contributed by atoms with E-state index in [0.29, 0.717) is 12.1 Å². The number of esters is 1. The Kier molecular flexibility index (Phi) is 6.52. The zero-order valence-electron chi connectivity index (χ0n) is 12.6. The van der Waals surface area contributed by atoms with Gasteiger partial charge in [0.2, 0.25) is 0 Å². The average Bonchev–Trinajstić information content (AvgIpc) is 2.40. The number of nitrogen functional groups attached to an aromatic ring is 1. The van der Waals surface area contributed by atoms with Gasteiger partial charge in [-0.1, -0.05) is 12.1 Å². The van der Waals surface area contributed by atoms with Crippen LogP contribution in [0.25, 0.3) is 0 Å². The number of nitrogens with two attached hydrogens (primary N) is 1. The summed E-state index contributed by atoms with van der Waals surface area (Å²) in [6, 6.07) is 6.29. The van der Waals surface area contributed by atoms with Crippen molar-refractivity contribution in [1.29, 1.82) is 0 Å². The summed E-state index contributed by atoms with van der Waals surface area (Å²) in [5.41, 5.74) is 7.12. The van der Waals surface area contributed by atoms with Gasteiger partial charge in [0.05, 0.1) is 12.7 Å². The van der Waals surface area contributed by atoms with E-state index in [1.165, 1.54) is 0 Å². The third-order valence-electron chi connectivity index (χ3n) is 2.63. The summed E-state index contributed by atoms with van der Waals surface area (Å²) < 4.78 is 9.96. The summed E-state index contributed by atoms with van der Waals surface area (Å²) >= 11 is 0. The van der Waals surface area contributed by atoms with E-state index in [4.69, 9.17) is 15.2 Å². The molecule has 1 unspecified atom stereocenters. The third-order valence-corrected chi connectivity index (χ3v) is 2.63. The highest BCUT2D eigenvalue weighted by Crippen LogP contribution is 2.09. The van der Waals surface area contributed by atoms with Gasteiger partial charge in [0, 0.05) is 12.1 Å². The van der Waals surface area contributed by atoms with Crippen LogP contribution in [0.1, 0.15) is 26.3 Å². The number of carbonyl (C=O) groups is 2. The molecule has 0 radical (unpaired) electrons. The van der Waals surface area contributed by atoms with Gasteiger partial charge in [-0.25, -0.2) is 9.59 Å². The molecule has 6 heteroatoms. The quantitative estimate of drug-likeness (QED) is 0.617. The molecule has 0 fully saturated rings. The van der Waals surface area contributed by atoms with Gasteiger partial charge in [0.25, 0.3) is 0 Å². The van der Waals surface area contributed by atoms with Crippen LogP contribution in [0, 0.1) is 0 Å². The number of hydrogen-bond donors (Lipinski definition) is 2. The number of carbonyl (C=O) groups excluding carboxylic acids is 2. The largest absolute Gasteiger partial charge is 0.464 e. The van der Waals surface area contributed by atoms with E-state index >= 15 is 0 Å². The molecule has 1 rings (SSSR count). The molecule has 1 atom stereocenters. The Hall–Kier alpha value is -2.24. The first-order chi connectivity index (χ1) is 9.92. The molecule has 0 saturated heterocycles. The molecule has 0 aromatic heterocycles. The minimum atomic E-state index is -0.792. The van der Waals surface area contributed by atoms with Crippen LogP contribution in [0.15, 0.2) is 24.3 Å². The Bertz CT molecular complexity index is 471. The number of amides is 1. The van der Waals surface area contributed by atoms with Gasteiger partial charge in [-0.05, 0) is 38.5 Å². The summed E-state index contributed by atoms with van der Waals surface area (Å²) in [5.74, 6) is -0.491.